The second-order valence-electron chi connectivity index (χ2n) is 1.54. The van der Waals surface area contributed by atoms with Crippen molar-refractivity contribution >= 4 is 18.4 Å². The molecule has 0 aliphatic carbocycles. The van der Waals surface area contributed by atoms with Crippen molar-refractivity contribution < 1.29 is 14.3 Å². The van der Waals surface area contributed by atoms with Gasteiger partial charge in [0.05, 0.1) is 0 Å². The van der Waals surface area contributed by atoms with Gasteiger partial charge >= 0.3 is 5.97 Å². The Morgan fingerprint density at radius 2 is 2.11 bits per heavy atom. The summed E-state index contributed by atoms with van der Waals surface area (Å²) in [5, 5.41) is 7.99. The molecule has 0 aliphatic heterocycles. The lowest BCUT2D eigenvalue weighted by molar-refractivity contribution is -0.139. The number of carboxylic acid groups (broad SMARTS) is 1. The molecule has 0 rings (SSSR count). The zero-order valence-electron chi connectivity index (χ0n) is 4.87. The molecular weight excluding hydrogens is 148 g/mol. The fraction of sp³-hybridized carbons (Fsp3) is 0.750. The number of carboxylic acids is 1. The Balaban J connectivity index is 0. The molecule has 3 N–H and O–H groups in total. The number of hydrogen-bond acceptors (Lipinski definition) is 2. The highest BCUT2D eigenvalue weighted by atomic mass is 35.5. The second kappa shape index (κ2) is 4.52. The summed E-state index contributed by atoms with van der Waals surface area (Å²) in [4.78, 5) is 9.78. The first-order valence-electron chi connectivity index (χ1n) is 2.18. The van der Waals surface area contributed by atoms with Crippen molar-refractivity contribution in [3.63, 3.8) is 0 Å². The van der Waals surface area contributed by atoms with Gasteiger partial charge in [0.25, 0.3) is 0 Å². The highest BCUT2D eigenvalue weighted by Gasteiger charge is 2.18. The molecule has 56 valence electrons. The predicted octanol–water partition coefficient (Wildman–Crippen LogP) is 0.178. The van der Waals surface area contributed by atoms with Gasteiger partial charge in [-0.05, 0) is 6.92 Å². The van der Waals surface area contributed by atoms with E-state index < -0.39 is 18.2 Å². The fourth-order valence-corrected chi connectivity index (χ4v) is 0.196. The highest BCUT2D eigenvalue weighted by Crippen LogP contribution is 1.92. The zero-order valence-corrected chi connectivity index (χ0v) is 5.69. The van der Waals surface area contributed by atoms with Crippen LogP contribution in [-0.4, -0.2) is 23.3 Å². The molecule has 5 heteroatoms. The molecule has 0 heterocycles. The third-order valence-corrected chi connectivity index (χ3v) is 0.780. The summed E-state index contributed by atoms with van der Waals surface area (Å²) < 4.78 is 11.8. The van der Waals surface area contributed by atoms with Crippen LogP contribution in [0.25, 0.3) is 0 Å². The summed E-state index contributed by atoms with van der Waals surface area (Å²) in [6.07, 6.45) is -1.48. The monoisotopic (exact) mass is 157 g/mol. The van der Waals surface area contributed by atoms with Crippen molar-refractivity contribution in [1.82, 2.24) is 0 Å². The first-order chi connectivity index (χ1) is 3.55. The Morgan fingerprint density at radius 1 is 1.78 bits per heavy atom. The maximum absolute atomic E-state index is 11.8. The average molecular weight is 158 g/mol. The molecule has 0 aromatic rings. The molecule has 2 unspecified atom stereocenters. The van der Waals surface area contributed by atoms with Gasteiger partial charge in [0.1, 0.15) is 12.2 Å². The van der Waals surface area contributed by atoms with E-state index in [2.05, 4.69) is 0 Å². The standard InChI is InChI=1S/C4H8FNO2.ClH/c1-2(5)3(6)4(7)8;/h2-3H,6H2,1H3,(H,7,8);1H. The minimum Gasteiger partial charge on any atom is -0.480 e. The van der Waals surface area contributed by atoms with Crippen LogP contribution in [0, 0.1) is 0 Å². The van der Waals surface area contributed by atoms with Gasteiger partial charge in [0, 0.05) is 0 Å². The van der Waals surface area contributed by atoms with E-state index in [4.69, 9.17) is 10.8 Å². The fourth-order valence-electron chi connectivity index (χ4n) is 0.196. The molecular formula is C4H9ClFNO2. The Hall–Kier alpha value is -0.350. The predicted molar refractivity (Wildman–Crippen MR) is 33.4 cm³/mol. The molecule has 3 nitrogen and oxygen atoms in total. The lowest BCUT2D eigenvalue weighted by atomic mass is 10.2. The maximum Gasteiger partial charge on any atom is 0.323 e. The number of aliphatic carboxylic acids is 1. The van der Waals surface area contributed by atoms with Crippen molar-refractivity contribution in [2.24, 2.45) is 5.73 Å². The maximum atomic E-state index is 11.8. The molecule has 2 atom stereocenters. The number of nitrogens with two attached hydrogens (primary N) is 1. The Bertz CT molecular complexity index is 98.6. The van der Waals surface area contributed by atoms with E-state index in [0.29, 0.717) is 0 Å². The SMILES string of the molecule is CC(F)C(N)C(=O)O.Cl. The number of carbonyl (C=O) groups is 1. The molecule has 0 saturated heterocycles. The zero-order chi connectivity index (χ0) is 6.73. The topological polar surface area (TPSA) is 63.3 Å². The van der Waals surface area contributed by atoms with E-state index in [1.54, 1.807) is 0 Å². The van der Waals surface area contributed by atoms with Gasteiger partial charge in [-0.1, -0.05) is 0 Å². The Morgan fingerprint density at radius 3 is 2.11 bits per heavy atom. The molecule has 0 radical (unpaired) electrons. The van der Waals surface area contributed by atoms with E-state index in [9.17, 15) is 9.18 Å². The van der Waals surface area contributed by atoms with Crippen LogP contribution in [0.2, 0.25) is 0 Å². The first kappa shape index (κ1) is 11.4. The van der Waals surface area contributed by atoms with Crippen molar-refractivity contribution in [1.29, 1.82) is 0 Å². The van der Waals surface area contributed by atoms with Crippen molar-refractivity contribution in [3.05, 3.63) is 0 Å². The molecule has 0 amide bonds. The van der Waals surface area contributed by atoms with Crippen LogP contribution in [0.5, 0.6) is 0 Å². The van der Waals surface area contributed by atoms with E-state index in [1.165, 1.54) is 0 Å². The van der Waals surface area contributed by atoms with Gasteiger partial charge in [0.15, 0.2) is 0 Å². The van der Waals surface area contributed by atoms with Crippen LogP contribution in [0.4, 0.5) is 4.39 Å². The minimum atomic E-state index is -1.48. The largest absolute Gasteiger partial charge is 0.480 e. The first-order valence-corrected chi connectivity index (χ1v) is 2.18. The van der Waals surface area contributed by atoms with Crippen LogP contribution in [0.1, 0.15) is 6.92 Å². The lowest BCUT2D eigenvalue weighted by Crippen LogP contribution is -2.37. The van der Waals surface area contributed by atoms with Crippen LogP contribution >= 0.6 is 12.4 Å². The number of halogens is 2. The molecule has 0 aromatic heterocycles. The smallest absolute Gasteiger partial charge is 0.323 e. The number of hydrogen-bond donors (Lipinski definition) is 2. The van der Waals surface area contributed by atoms with Gasteiger partial charge in [0.2, 0.25) is 0 Å². The summed E-state index contributed by atoms with van der Waals surface area (Å²) in [5.41, 5.74) is 4.78. The van der Waals surface area contributed by atoms with Crippen LogP contribution < -0.4 is 5.73 Å². The Labute approximate surface area is 58.4 Å². The van der Waals surface area contributed by atoms with Gasteiger partial charge in [-0.25, -0.2) is 4.39 Å². The van der Waals surface area contributed by atoms with E-state index in [0.717, 1.165) is 6.92 Å². The van der Waals surface area contributed by atoms with Gasteiger partial charge < -0.3 is 10.8 Å². The third kappa shape index (κ3) is 4.17. The molecule has 0 bridgehead atoms. The molecule has 0 spiro atoms. The van der Waals surface area contributed by atoms with Crippen LogP contribution in [0.15, 0.2) is 0 Å². The van der Waals surface area contributed by atoms with E-state index in [-0.39, 0.29) is 12.4 Å². The summed E-state index contributed by atoms with van der Waals surface area (Å²) in [5.74, 6) is -1.31. The molecule has 0 aromatic carbocycles. The van der Waals surface area contributed by atoms with Gasteiger partial charge in [-0.3, -0.25) is 4.79 Å². The normalized spacial score (nSPS) is 15.4. The van der Waals surface area contributed by atoms with Crippen molar-refractivity contribution in [3.8, 4) is 0 Å². The van der Waals surface area contributed by atoms with E-state index in [1.807, 2.05) is 0 Å². The number of rotatable bonds is 2. The van der Waals surface area contributed by atoms with Crippen molar-refractivity contribution in [2.75, 3.05) is 0 Å². The second-order valence-corrected chi connectivity index (χ2v) is 1.54. The molecule has 9 heavy (non-hydrogen) atoms. The quantitative estimate of drug-likeness (QED) is 0.601. The van der Waals surface area contributed by atoms with Crippen LogP contribution in [-0.2, 0) is 4.79 Å². The third-order valence-electron chi connectivity index (χ3n) is 0.780. The van der Waals surface area contributed by atoms with Gasteiger partial charge in [-0.2, -0.15) is 0 Å². The van der Waals surface area contributed by atoms with E-state index >= 15 is 0 Å². The molecule has 0 aliphatic rings. The molecule has 0 saturated carbocycles. The average Bonchev–Trinajstić information content (AvgIpc) is 1.64. The highest BCUT2D eigenvalue weighted by molar-refractivity contribution is 5.85. The summed E-state index contributed by atoms with van der Waals surface area (Å²) in [7, 11) is 0. The summed E-state index contributed by atoms with van der Waals surface area (Å²) in [6, 6.07) is -1.38. The summed E-state index contributed by atoms with van der Waals surface area (Å²) >= 11 is 0. The van der Waals surface area contributed by atoms with Gasteiger partial charge in [-0.15, -0.1) is 12.4 Å². The summed E-state index contributed by atoms with van der Waals surface area (Å²) in [6.45, 7) is 1.11. The minimum absolute atomic E-state index is 0. The molecule has 0 fully saturated rings. The number of alkyl halides is 1. The van der Waals surface area contributed by atoms with Crippen molar-refractivity contribution in [2.45, 2.75) is 19.1 Å². The Kier molecular flexibility index (Phi) is 5.75. The lowest BCUT2D eigenvalue weighted by Gasteiger charge is -2.04. The van der Waals surface area contributed by atoms with Crippen LogP contribution in [0.3, 0.4) is 0 Å².